The molecule has 0 bridgehead atoms. The van der Waals surface area contributed by atoms with Crippen LogP contribution in [0.3, 0.4) is 0 Å². The third-order valence-electron chi connectivity index (χ3n) is 5.92. The third kappa shape index (κ3) is 1.85. The molecule has 1 aromatic rings. The Labute approximate surface area is 140 Å². The fourth-order valence-corrected chi connectivity index (χ4v) is 6.75. The molecule has 22 heavy (non-hydrogen) atoms. The molecule has 0 amide bonds. The minimum atomic E-state index is -0.00175. The number of benzene rings is 1. The Balaban J connectivity index is 2.50. The molecule has 2 aliphatic carbocycles. The summed E-state index contributed by atoms with van der Waals surface area (Å²) in [5, 5.41) is 11.3. The van der Waals surface area contributed by atoms with Gasteiger partial charge in [0.2, 0.25) is 0 Å². The summed E-state index contributed by atoms with van der Waals surface area (Å²) in [7, 11) is 0. The minimum Gasteiger partial charge on any atom is -0.507 e. The molecule has 0 aromatic heterocycles. The van der Waals surface area contributed by atoms with Gasteiger partial charge in [0, 0.05) is 16.0 Å². The number of thiol groups is 1. The van der Waals surface area contributed by atoms with Gasteiger partial charge in [-0.05, 0) is 45.6 Å². The van der Waals surface area contributed by atoms with Crippen LogP contribution in [0.1, 0.15) is 90.5 Å². The molecule has 2 aliphatic rings. The fraction of sp³-hybridized carbons (Fsp3) is 0.700. The second-order valence-corrected chi connectivity index (χ2v) is 10.5. The number of rotatable bonds is 0. The van der Waals surface area contributed by atoms with E-state index in [1.165, 1.54) is 11.1 Å². The molecule has 0 saturated carbocycles. The molecule has 0 atom stereocenters. The van der Waals surface area contributed by atoms with E-state index in [0.29, 0.717) is 5.75 Å². The Hall–Kier alpha value is -0.630. The number of phenolic OH excluding ortho intramolecular Hbond substituents is 1. The lowest BCUT2D eigenvalue weighted by Gasteiger charge is -2.28. The van der Waals surface area contributed by atoms with E-state index in [1.807, 2.05) is 0 Å². The van der Waals surface area contributed by atoms with E-state index in [1.54, 1.807) is 0 Å². The summed E-state index contributed by atoms with van der Waals surface area (Å²) in [6, 6.07) is 0. The van der Waals surface area contributed by atoms with Gasteiger partial charge in [0.25, 0.3) is 0 Å². The van der Waals surface area contributed by atoms with Gasteiger partial charge >= 0.3 is 0 Å². The predicted molar refractivity (Wildman–Crippen MR) is 96.7 cm³/mol. The molecule has 0 saturated heterocycles. The second kappa shape index (κ2) is 4.06. The quantitative estimate of drug-likeness (QED) is 0.597. The van der Waals surface area contributed by atoms with Crippen LogP contribution in [0.25, 0.3) is 0 Å². The number of hydrogen-bond acceptors (Lipinski definition) is 2. The summed E-state index contributed by atoms with van der Waals surface area (Å²) in [6.45, 7) is 18.2. The van der Waals surface area contributed by atoms with E-state index >= 15 is 0 Å². The van der Waals surface area contributed by atoms with Gasteiger partial charge < -0.3 is 5.11 Å². The smallest absolute Gasteiger partial charge is 0.123 e. The van der Waals surface area contributed by atoms with Crippen molar-refractivity contribution in [3.8, 4) is 5.75 Å². The second-order valence-electron chi connectivity index (χ2n) is 10.1. The number of phenols is 1. The van der Waals surface area contributed by atoms with E-state index in [4.69, 9.17) is 12.6 Å². The van der Waals surface area contributed by atoms with E-state index in [2.05, 4.69) is 55.4 Å². The maximum absolute atomic E-state index is 11.3. The lowest BCUT2D eigenvalue weighted by molar-refractivity contribution is 0.374. The Morgan fingerprint density at radius 1 is 0.636 bits per heavy atom. The van der Waals surface area contributed by atoms with Gasteiger partial charge in [0.15, 0.2) is 0 Å². The lowest BCUT2D eigenvalue weighted by Crippen LogP contribution is -2.20. The largest absolute Gasteiger partial charge is 0.507 e. The van der Waals surface area contributed by atoms with E-state index in [0.717, 1.165) is 28.9 Å². The van der Waals surface area contributed by atoms with Gasteiger partial charge in [-0.3, -0.25) is 0 Å². The summed E-state index contributed by atoms with van der Waals surface area (Å²) in [5.74, 6) is 0.550. The average Bonchev–Trinajstić information content (AvgIpc) is 2.57. The van der Waals surface area contributed by atoms with Crippen molar-refractivity contribution in [2.75, 3.05) is 0 Å². The lowest BCUT2D eigenvalue weighted by atomic mass is 9.79. The van der Waals surface area contributed by atoms with Gasteiger partial charge in [-0.25, -0.2) is 0 Å². The van der Waals surface area contributed by atoms with E-state index in [-0.39, 0.29) is 21.7 Å². The zero-order valence-corrected chi connectivity index (χ0v) is 16.2. The molecule has 1 aromatic carbocycles. The van der Waals surface area contributed by atoms with Crippen molar-refractivity contribution in [2.24, 2.45) is 0 Å². The fourth-order valence-electron chi connectivity index (χ4n) is 5.92. The molecule has 1 nitrogen and oxygen atoms in total. The molecular weight excluding hydrogens is 288 g/mol. The highest BCUT2D eigenvalue weighted by Gasteiger charge is 2.52. The predicted octanol–water partition coefficient (Wildman–Crippen LogP) is 5.60. The number of hydrogen-bond donors (Lipinski definition) is 2. The normalized spacial score (nSPS) is 25.9. The molecule has 0 radical (unpaired) electrons. The van der Waals surface area contributed by atoms with Crippen molar-refractivity contribution < 1.29 is 5.11 Å². The minimum absolute atomic E-state index is 0.00175. The maximum Gasteiger partial charge on any atom is 0.123 e. The van der Waals surface area contributed by atoms with Crippen LogP contribution in [0.4, 0.5) is 0 Å². The van der Waals surface area contributed by atoms with Crippen molar-refractivity contribution in [2.45, 2.75) is 94.8 Å². The van der Waals surface area contributed by atoms with Crippen LogP contribution in [0, 0.1) is 0 Å². The molecule has 0 fully saturated rings. The van der Waals surface area contributed by atoms with Crippen LogP contribution < -0.4 is 0 Å². The first kappa shape index (κ1) is 16.2. The van der Waals surface area contributed by atoms with Crippen molar-refractivity contribution >= 4 is 12.6 Å². The van der Waals surface area contributed by atoms with Crippen molar-refractivity contribution in [1.82, 2.24) is 0 Å². The number of fused-ring (bicyclic) bond motifs is 2. The van der Waals surface area contributed by atoms with Crippen LogP contribution in [0.2, 0.25) is 0 Å². The molecule has 1 N–H and O–H groups in total. The molecule has 0 unspecified atom stereocenters. The van der Waals surface area contributed by atoms with Crippen LogP contribution in [-0.4, -0.2) is 5.11 Å². The Morgan fingerprint density at radius 2 is 0.909 bits per heavy atom. The topological polar surface area (TPSA) is 20.2 Å². The van der Waals surface area contributed by atoms with E-state index < -0.39 is 0 Å². The highest BCUT2D eigenvalue weighted by atomic mass is 32.1. The zero-order valence-electron chi connectivity index (χ0n) is 15.3. The highest BCUT2D eigenvalue weighted by molar-refractivity contribution is 7.80. The van der Waals surface area contributed by atoms with Crippen LogP contribution in [0.15, 0.2) is 4.90 Å². The SMILES string of the molecule is CC1(C)CC(C)(C)c2c(S)c3c(c(O)c21)C(C)(C)CC3(C)C. The van der Waals surface area contributed by atoms with Gasteiger partial charge in [-0.1, -0.05) is 55.4 Å². The monoisotopic (exact) mass is 318 g/mol. The van der Waals surface area contributed by atoms with Crippen LogP contribution >= 0.6 is 12.6 Å². The first-order chi connectivity index (χ1) is 9.72. The zero-order chi connectivity index (χ0) is 16.9. The first-order valence-electron chi connectivity index (χ1n) is 8.36. The Morgan fingerprint density at radius 3 is 1.23 bits per heavy atom. The van der Waals surface area contributed by atoms with Gasteiger partial charge in [-0.15, -0.1) is 12.6 Å². The molecular formula is C20H30OS. The van der Waals surface area contributed by atoms with Crippen molar-refractivity contribution in [3.05, 3.63) is 22.3 Å². The maximum atomic E-state index is 11.3. The first-order valence-corrected chi connectivity index (χ1v) is 8.81. The van der Waals surface area contributed by atoms with Gasteiger partial charge in [-0.2, -0.15) is 0 Å². The van der Waals surface area contributed by atoms with Gasteiger partial charge in [0.1, 0.15) is 5.75 Å². The standard InChI is InChI=1S/C20H30OS/c1-17(2)9-19(5,6)13-11(17)15(21)12-14(16(13)22)20(7,8)10-18(12,3)4/h21-22H,9-10H2,1-8H3. The molecule has 0 aliphatic heterocycles. The summed E-state index contributed by atoms with van der Waals surface area (Å²) in [4.78, 5) is 1.13. The van der Waals surface area contributed by atoms with Crippen LogP contribution in [-0.2, 0) is 21.7 Å². The Kier molecular flexibility index (Phi) is 3.00. The molecule has 0 spiro atoms. The summed E-state index contributed by atoms with van der Waals surface area (Å²) in [6.07, 6.45) is 2.11. The molecule has 122 valence electrons. The highest BCUT2D eigenvalue weighted by Crippen LogP contribution is 2.63. The van der Waals surface area contributed by atoms with Crippen molar-refractivity contribution in [3.63, 3.8) is 0 Å². The Bertz CT molecular complexity index is 565. The van der Waals surface area contributed by atoms with E-state index in [9.17, 15) is 5.11 Å². The molecule has 0 heterocycles. The van der Waals surface area contributed by atoms with Crippen molar-refractivity contribution in [1.29, 1.82) is 0 Å². The van der Waals surface area contributed by atoms with Gasteiger partial charge in [0.05, 0.1) is 0 Å². The summed E-state index contributed by atoms with van der Waals surface area (Å²) < 4.78 is 0. The van der Waals surface area contributed by atoms with Crippen LogP contribution in [0.5, 0.6) is 5.75 Å². The summed E-state index contributed by atoms with van der Waals surface area (Å²) in [5.41, 5.74) is 4.97. The third-order valence-corrected chi connectivity index (χ3v) is 6.37. The summed E-state index contributed by atoms with van der Waals surface area (Å²) >= 11 is 5.01. The molecule has 2 heteroatoms. The number of aromatic hydroxyl groups is 1. The molecule has 3 rings (SSSR count). The average molecular weight is 319 g/mol.